The molecule has 1 aromatic rings. The van der Waals surface area contributed by atoms with Gasteiger partial charge < -0.3 is 15.4 Å². The molecule has 0 radical (unpaired) electrons. The maximum absolute atomic E-state index is 14.1. The second kappa shape index (κ2) is 8.41. The first kappa shape index (κ1) is 20.1. The zero-order valence-corrected chi connectivity index (χ0v) is 15.2. The van der Waals surface area contributed by atoms with E-state index in [4.69, 9.17) is 4.74 Å². The van der Waals surface area contributed by atoms with Crippen LogP contribution in [-0.2, 0) is 19.6 Å². The Bertz CT molecular complexity index is 719. The third kappa shape index (κ3) is 4.48. The fourth-order valence-corrected chi connectivity index (χ4v) is 4.33. The first-order valence-corrected chi connectivity index (χ1v) is 9.31. The third-order valence-corrected chi connectivity index (χ3v) is 6.13. The Labute approximate surface area is 152 Å². The van der Waals surface area contributed by atoms with Crippen LogP contribution in [0, 0.1) is 11.7 Å². The number of anilines is 1. The minimum absolute atomic E-state index is 0. The molecule has 1 atom stereocenters. The van der Waals surface area contributed by atoms with Crippen molar-refractivity contribution in [2.24, 2.45) is 5.92 Å². The number of benzene rings is 1. The predicted octanol–water partition coefficient (Wildman–Crippen LogP) is 0.816. The van der Waals surface area contributed by atoms with E-state index < -0.39 is 20.7 Å². The van der Waals surface area contributed by atoms with Gasteiger partial charge in [-0.25, -0.2) is 12.8 Å². The van der Waals surface area contributed by atoms with Crippen molar-refractivity contribution in [2.75, 3.05) is 44.7 Å². The summed E-state index contributed by atoms with van der Waals surface area (Å²) in [6.45, 7) is 2.31. The normalized spacial score (nSPS) is 21.6. The Kier molecular flexibility index (Phi) is 6.75. The van der Waals surface area contributed by atoms with Crippen LogP contribution in [-0.4, -0.2) is 58.0 Å². The molecular weight excluding hydrogens is 373 g/mol. The molecule has 2 heterocycles. The highest BCUT2D eigenvalue weighted by Crippen LogP contribution is 2.24. The van der Waals surface area contributed by atoms with Gasteiger partial charge in [0.15, 0.2) is 0 Å². The average molecular weight is 394 g/mol. The standard InChI is InChI=1S/C15H20FN3O4S.ClH/c16-13-2-1-12(18-15(20)11-3-4-17-10-11)9-14(13)24(21,22)19-5-7-23-8-6-19;/h1-2,9,11,17H,3-8,10H2,(H,18,20);1H. The van der Waals surface area contributed by atoms with Crippen LogP contribution >= 0.6 is 12.4 Å². The Morgan fingerprint density at radius 1 is 1.32 bits per heavy atom. The van der Waals surface area contributed by atoms with Crippen molar-refractivity contribution in [3.05, 3.63) is 24.0 Å². The van der Waals surface area contributed by atoms with Crippen molar-refractivity contribution in [1.82, 2.24) is 9.62 Å². The van der Waals surface area contributed by atoms with Crippen LogP contribution in [0.2, 0.25) is 0 Å². The summed E-state index contributed by atoms with van der Waals surface area (Å²) in [5, 5.41) is 5.76. The molecule has 2 aliphatic rings. The van der Waals surface area contributed by atoms with E-state index in [9.17, 15) is 17.6 Å². The summed E-state index contributed by atoms with van der Waals surface area (Å²) in [6.07, 6.45) is 0.728. The van der Waals surface area contributed by atoms with Crippen molar-refractivity contribution in [1.29, 1.82) is 0 Å². The van der Waals surface area contributed by atoms with E-state index in [1.54, 1.807) is 0 Å². The van der Waals surface area contributed by atoms with Gasteiger partial charge in [-0.1, -0.05) is 0 Å². The Balaban J connectivity index is 0.00000225. The number of rotatable bonds is 4. The molecule has 0 spiro atoms. The molecule has 2 N–H and O–H groups in total. The van der Waals surface area contributed by atoms with Crippen molar-refractivity contribution < 1.29 is 22.3 Å². The monoisotopic (exact) mass is 393 g/mol. The molecule has 0 bridgehead atoms. The lowest BCUT2D eigenvalue weighted by molar-refractivity contribution is -0.119. The van der Waals surface area contributed by atoms with Gasteiger partial charge >= 0.3 is 0 Å². The van der Waals surface area contributed by atoms with E-state index in [1.165, 1.54) is 16.4 Å². The molecular formula is C15H21ClFN3O4S. The van der Waals surface area contributed by atoms with Gasteiger partial charge in [0.05, 0.1) is 19.1 Å². The van der Waals surface area contributed by atoms with Gasteiger partial charge in [0.2, 0.25) is 15.9 Å². The Hall–Kier alpha value is -1.26. The summed E-state index contributed by atoms with van der Waals surface area (Å²) in [5.41, 5.74) is 0.278. The van der Waals surface area contributed by atoms with E-state index in [0.29, 0.717) is 6.54 Å². The van der Waals surface area contributed by atoms with Crippen LogP contribution < -0.4 is 10.6 Å². The maximum Gasteiger partial charge on any atom is 0.246 e. The summed E-state index contributed by atoms with van der Waals surface area (Å²) < 4.78 is 45.6. The van der Waals surface area contributed by atoms with E-state index in [1.807, 2.05) is 0 Å². The number of hydrogen-bond donors (Lipinski definition) is 2. The van der Waals surface area contributed by atoms with Crippen LogP contribution in [0.15, 0.2) is 23.1 Å². The largest absolute Gasteiger partial charge is 0.379 e. The predicted molar refractivity (Wildman–Crippen MR) is 92.8 cm³/mol. The number of halogens is 2. The van der Waals surface area contributed by atoms with Crippen molar-refractivity contribution in [3.8, 4) is 0 Å². The molecule has 10 heteroatoms. The highest BCUT2D eigenvalue weighted by atomic mass is 35.5. The lowest BCUT2D eigenvalue weighted by atomic mass is 10.1. The number of amides is 1. The minimum Gasteiger partial charge on any atom is -0.379 e. The van der Waals surface area contributed by atoms with Crippen molar-refractivity contribution in [2.45, 2.75) is 11.3 Å². The highest BCUT2D eigenvalue weighted by Gasteiger charge is 2.30. The number of carbonyl (C=O) groups is 1. The molecule has 2 saturated heterocycles. The Morgan fingerprint density at radius 2 is 2.04 bits per heavy atom. The van der Waals surface area contributed by atoms with Gasteiger partial charge in [-0.05, 0) is 31.2 Å². The summed E-state index contributed by atoms with van der Waals surface area (Å²) in [4.78, 5) is 11.7. The van der Waals surface area contributed by atoms with Gasteiger partial charge in [0.1, 0.15) is 10.7 Å². The average Bonchev–Trinajstić information content (AvgIpc) is 3.12. The molecule has 1 unspecified atom stereocenters. The minimum atomic E-state index is -3.96. The van der Waals surface area contributed by atoms with Crippen LogP contribution in [0.3, 0.4) is 0 Å². The molecule has 3 rings (SSSR count). The number of nitrogens with zero attached hydrogens (tertiary/aromatic N) is 1. The van der Waals surface area contributed by atoms with Gasteiger partial charge in [-0.15, -0.1) is 12.4 Å². The number of sulfonamides is 1. The fourth-order valence-electron chi connectivity index (χ4n) is 2.83. The molecule has 0 aliphatic carbocycles. The molecule has 2 fully saturated rings. The fraction of sp³-hybridized carbons (Fsp3) is 0.533. The molecule has 0 aromatic heterocycles. The number of nitrogens with one attached hydrogen (secondary N) is 2. The van der Waals surface area contributed by atoms with E-state index in [0.717, 1.165) is 19.0 Å². The van der Waals surface area contributed by atoms with Gasteiger partial charge in [-0.2, -0.15) is 4.31 Å². The number of hydrogen-bond acceptors (Lipinski definition) is 5. The second-order valence-electron chi connectivity index (χ2n) is 5.84. The first-order valence-electron chi connectivity index (χ1n) is 7.87. The molecule has 1 amide bonds. The van der Waals surface area contributed by atoms with Crippen molar-refractivity contribution in [3.63, 3.8) is 0 Å². The lowest BCUT2D eigenvalue weighted by Crippen LogP contribution is -2.40. The smallest absolute Gasteiger partial charge is 0.246 e. The maximum atomic E-state index is 14.1. The van der Waals surface area contributed by atoms with Gasteiger partial charge in [-0.3, -0.25) is 4.79 Å². The van der Waals surface area contributed by atoms with E-state index in [-0.39, 0.29) is 56.2 Å². The topological polar surface area (TPSA) is 87.7 Å². The quantitative estimate of drug-likeness (QED) is 0.790. The SMILES string of the molecule is Cl.O=C(Nc1ccc(F)c(S(=O)(=O)N2CCOCC2)c1)C1CCNC1. The van der Waals surface area contributed by atoms with Crippen LogP contribution in [0.1, 0.15) is 6.42 Å². The van der Waals surface area contributed by atoms with Crippen LogP contribution in [0.25, 0.3) is 0 Å². The zero-order valence-electron chi connectivity index (χ0n) is 13.5. The Morgan fingerprint density at radius 3 is 2.68 bits per heavy atom. The zero-order chi connectivity index (χ0) is 17.2. The van der Waals surface area contributed by atoms with E-state index >= 15 is 0 Å². The molecule has 7 nitrogen and oxygen atoms in total. The lowest BCUT2D eigenvalue weighted by Gasteiger charge is -2.26. The molecule has 0 saturated carbocycles. The first-order chi connectivity index (χ1) is 11.5. The number of morpholine rings is 1. The summed E-state index contributed by atoms with van der Waals surface area (Å²) >= 11 is 0. The van der Waals surface area contributed by atoms with E-state index in [2.05, 4.69) is 10.6 Å². The molecule has 2 aliphatic heterocycles. The van der Waals surface area contributed by atoms with Crippen LogP contribution in [0.5, 0.6) is 0 Å². The molecule has 1 aromatic carbocycles. The van der Waals surface area contributed by atoms with Gasteiger partial charge in [0, 0.05) is 25.3 Å². The molecule has 140 valence electrons. The third-order valence-electron chi connectivity index (χ3n) is 4.22. The summed E-state index contributed by atoms with van der Waals surface area (Å²) in [7, 11) is -3.96. The van der Waals surface area contributed by atoms with Crippen LogP contribution in [0.4, 0.5) is 10.1 Å². The molecule has 25 heavy (non-hydrogen) atoms. The van der Waals surface area contributed by atoms with Crippen molar-refractivity contribution >= 4 is 34.0 Å². The summed E-state index contributed by atoms with van der Waals surface area (Å²) in [6, 6.07) is 3.62. The second-order valence-corrected chi connectivity index (χ2v) is 7.75. The highest BCUT2D eigenvalue weighted by molar-refractivity contribution is 7.89. The number of carbonyl (C=O) groups excluding carboxylic acids is 1. The number of ether oxygens (including phenoxy) is 1. The van der Waals surface area contributed by atoms with Gasteiger partial charge in [0.25, 0.3) is 0 Å². The summed E-state index contributed by atoms with van der Waals surface area (Å²) in [5.74, 6) is -1.18.